The van der Waals surface area contributed by atoms with E-state index in [2.05, 4.69) is 0 Å². The van der Waals surface area contributed by atoms with E-state index in [1.54, 1.807) is 34.9 Å². The zero-order chi connectivity index (χ0) is 9.42. The van der Waals surface area contributed by atoms with E-state index in [-0.39, 0.29) is 5.69 Å². The number of nitrogens with zero attached hydrogens (tertiary/aromatic N) is 1. The average Bonchev–Trinajstić information content (AvgIpc) is 2.46. The molecule has 2 aromatic rings. The van der Waals surface area contributed by atoms with Gasteiger partial charge in [-0.15, -0.1) is 0 Å². The largest absolute Gasteiger partial charge is 0.477 e. The number of rotatable bonds is 1. The van der Waals surface area contributed by atoms with Crippen LogP contribution in [0, 0.1) is 0 Å². The number of hydrogen-bond donors (Lipinski definition) is 2. The molecule has 2 heterocycles. The molecule has 2 aromatic heterocycles. The fourth-order valence-corrected chi connectivity index (χ4v) is 1.30. The predicted octanol–water partition coefficient (Wildman–Crippen LogP) is 1.22. The second kappa shape index (κ2) is 2.52. The summed E-state index contributed by atoms with van der Waals surface area (Å²) in [7, 11) is 0. The normalized spacial score (nSPS) is 10.5. The van der Waals surface area contributed by atoms with Crippen LogP contribution in [0.2, 0.25) is 0 Å². The van der Waals surface area contributed by atoms with E-state index in [9.17, 15) is 4.79 Å². The van der Waals surface area contributed by atoms with Crippen LogP contribution in [0.25, 0.3) is 5.52 Å². The first-order chi connectivity index (χ1) is 6.18. The number of carbonyl (C=O) groups is 1. The Bertz CT molecular complexity index is 473. The second-order valence-corrected chi connectivity index (χ2v) is 2.78. The third-order valence-corrected chi connectivity index (χ3v) is 1.90. The van der Waals surface area contributed by atoms with Gasteiger partial charge < -0.3 is 15.2 Å². The molecule has 2 rings (SSSR count). The third-order valence-electron chi connectivity index (χ3n) is 1.90. The second-order valence-electron chi connectivity index (χ2n) is 2.78. The Balaban J connectivity index is 2.76. The van der Waals surface area contributed by atoms with Gasteiger partial charge in [-0.3, -0.25) is 0 Å². The maximum Gasteiger partial charge on any atom is 0.352 e. The minimum atomic E-state index is -0.940. The zero-order valence-electron chi connectivity index (χ0n) is 6.77. The van der Waals surface area contributed by atoms with Crippen molar-refractivity contribution in [1.29, 1.82) is 0 Å². The molecular formula is C9H8N2O2. The molecule has 4 heteroatoms. The summed E-state index contributed by atoms with van der Waals surface area (Å²) in [5, 5.41) is 8.79. The summed E-state index contributed by atoms with van der Waals surface area (Å²) in [6, 6.07) is 6.67. The SMILES string of the molecule is Nc1ccn2c(C(=O)O)ccc2c1. The predicted molar refractivity (Wildman–Crippen MR) is 48.8 cm³/mol. The minimum absolute atomic E-state index is 0.245. The van der Waals surface area contributed by atoms with Crippen molar-refractivity contribution in [3.63, 3.8) is 0 Å². The van der Waals surface area contributed by atoms with Crippen LogP contribution in [-0.2, 0) is 0 Å². The molecule has 13 heavy (non-hydrogen) atoms. The number of carboxylic acids is 1. The summed E-state index contributed by atoms with van der Waals surface area (Å²) >= 11 is 0. The van der Waals surface area contributed by atoms with Crippen LogP contribution in [0.5, 0.6) is 0 Å². The number of anilines is 1. The molecule has 0 amide bonds. The Kier molecular flexibility index (Phi) is 1.48. The Hall–Kier alpha value is -1.97. The molecule has 0 fully saturated rings. The van der Waals surface area contributed by atoms with Crippen molar-refractivity contribution in [2.24, 2.45) is 0 Å². The summed E-state index contributed by atoms with van der Waals surface area (Å²) < 4.78 is 1.58. The lowest BCUT2D eigenvalue weighted by atomic mass is 10.4. The van der Waals surface area contributed by atoms with Crippen LogP contribution in [0.4, 0.5) is 5.69 Å². The monoisotopic (exact) mass is 176 g/mol. The van der Waals surface area contributed by atoms with Gasteiger partial charge in [0, 0.05) is 17.4 Å². The summed E-state index contributed by atoms with van der Waals surface area (Å²) in [5.74, 6) is -0.940. The van der Waals surface area contributed by atoms with Gasteiger partial charge in [-0.1, -0.05) is 0 Å². The van der Waals surface area contributed by atoms with E-state index >= 15 is 0 Å². The van der Waals surface area contributed by atoms with Crippen molar-refractivity contribution in [2.45, 2.75) is 0 Å². The Morgan fingerprint density at radius 2 is 2.15 bits per heavy atom. The third kappa shape index (κ3) is 1.12. The van der Waals surface area contributed by atoms with Gasteiger partial charge in [0.05, 0.1) is 0 Å². The number of nitrogens with two attached hydrogens (primary N) is 1. The van der Waals surface area contributed by atoms with Crippen molar-refractivity contribution in [2.75, 3.05) is 5.73 Å². The maximum atomic E-state index is 10.7. The molecule has 0 aromatic carbocycles. The van der Waals surface area contributed by atoms with Crippen molar-refractivity contribution in [1.82, 2.24) is 4.40 Å². The molecule has 0 saturated carbocycles. The highest BCUT2D eigenvalue weighted by Crippen LogP contribution is 2.13. The Labute approximate surface area is 74.2 Å². The molecule has 66 valence electrons. The number of fused-ring (bicyclic) bond motifs is 1. The number of nitrogen functional groups attached to an aromatic ring is 1. The van der Waals surface area contributed by atoms with Crippen LogP contribution in [-0.4, -0.2) is 15.5 Å². The molecule has 3 N–H and O–H groups in total. The zero-order valence-corrected chi connectivity index (χ0v) is 6.77. The smallest absolute Gasteiger partial charge is 0.352 e. The van der Waals surface area contributed by atoms with E-state index in [1.807, 2.05) is 0 Å². The summed E-state index contributed by atoms with van der Waals surface area (Å²) in [6.45, 7) is 0. The van der Waals surface area contributed by atoms with Gasteiger partial charge in [0.2, 0.25) is 0 Å². The van der Waals surface area contributed by atoms with Crippen LogP contribution < -0.4 is 5.73 Å². The molecule has 0 unspecified atom stereocenters. The molecule has 0 aliphatic heterocycles. The summed E-state index contributed by atoms with van der Waals surface area (Å²) in [4.78, 5) is 10.7. The maximum absolute atomic E-state index is 10.7. The van der Waals surface area contributed by atoms with Gasteiger partial charge in [-0.05, 0) is 24.3 Å². The molecule has 0 bridgehead atoms. The van der Waals surface area contributed by atoms with E-state index < -0.39 is 5.97 Å². The lowest BCUT2D eigenvalue weighted by Gasteiger charge is -1.98. The van der Waals surface area contributed by atoms with Gasteiger partial charge >= 0.3 is 5.97 Å². The molecule has 0 saturated heterocycles. The molecule has 4 nitrogen and oxygen atoms in total. The molecule has 0 radical (unpaired) electrons. The van der Waals surface area contributed by atoms with Crippen LogP contribution in [0.3, 0.4) is 0 Å². The lowest BCUT2D eigenvalue weighted by molar-refractivity contribution is 0.0689. The van der Waals surface area contributed by atoms with Gasteiger partial charge in [-0.2, -0.15) is 0 Å². The average molecular weight is 176 g/mol. The van der Waals surface area contributed by atoms with Gasteiger partial charge in [0.15, 0.2) is 0 Å². The van der Waals surface area contributed by atoms with E-state index in [1.165, 1.54) is 0 Å². The van der Waals surface area contributed by atoms with Gasteiger partial charge in [0.25, 0.3) is 0 Å². The fourth-order valence-electron chi connectivity index (χ4n) is 1.30. The highest BCUT2D eigenvalue weighted by Gasteiger charge is 2.07. The van der Waals surface area contributed by atoms with Crippen molar-refractivity contribution in [3.8, 4) is 0 Å². The first-order valence-electron chi connectivity index (χ1n) is 3.78. The molecule has 0 spiro atoms. The van der Waals surface area contributed by atoms with Crippen LogP contribution in [0.15, 0.2) is 30.5 Å². The summed E-state index contributed by atoms with van der Waals surface area (Å²) in [5.41, 5.74) is 7.21. The molecule has 0 atom stereocenters. The van der Waals surface area contributed by atoms with Crippen LogP contribution in [0.1, 0.15) is 10.5 Å². The van der Waals surface area contributed by atoms with Crippen molar-refractivity contribution < 1.29 is 9.90 Å². The quantitative estimate of drug-likeness (QED) is 0.686. The first-order valence-corrected chi connectivity index (χ1v) is 3.78. The number of aromatic carboxylic acids is 1. The fraction of sp³-hybridized carbons (Fsp3) is 0. The summed E-state index contributed by atoms with van der Waals surface area (Å²) in [6.07, 6.45) is 1.65. The number of pyridine rings is 1. The highest BCUT2D eigenvalue weighted by atomic mass is 16.4. The molecule has 0 aliphatic carbocycles. The Morgan fingerprint density at radius 3 is 2.85 bits per heavy atom. The highest BCUT2D eigenvalue weighted by molar-refractivity contribution is 5.87. The van der Waals surface area contributed by atoms with E-state index in [0.717, 1.165) is 5.52 Å². The van der Waals surface area contributed by atoms with E-state index in [4.69, 9.17) is 10.8 Å². The van der Waals surface area contributed by atoms with Crippen molar-refractivity contribution >= 4 is 17.2 Å². The van der Waals surface area contributed by atoms with E-state index in [0.29, 0.717) is 5.69 Å². The topological polar surface area (TPSA) is 67.7 Å². The van der Waals surface area contributed by atoms with Gasteiger partial charge in [-0.25, -0.2) is 4.79 Å². The first kappa shape index (κ1) is 7.67. The number of aromatic nitrogens is 1. The van der Waals surface area contributed by atoms with Crippen LogP contribution >= 0.6 is 0 Å². The number of hydrogen-bond acceptors (Lipinski definition) is 2. The number of carboxylic acid groups (broad SMARTS) is 1. The van der Waals surface area contributed by atoms with Gasteiger partial charge in [0.1, 0.15) is 5.69 Å². The lowest BCUT2D eigenvalue weighted by Crippen LogP contribution is -2.01. The van der Waals surface area contributed by atoms with Crippen molar-refractivity contribution in [3.05, 3.63) is 36.2 Å². The molecular weight excluding hydrogens is 168 g/mol. The molecule has 0 aliphatic rings. The Morgan fingerprint density at radius 1 is 1.38 bits per heavy atom. The standard InChI is InChI=1S/C9H8N2O2/c10-6-3-4-11-7(5-6)1-2-8(11)9(12)13/h1-5H,10H2,(H,12,13). The minimum Gasteiger partial charge on any atom is -0.477 e.